The van der Waals surface area contributed by atoms with Crippen molar-refractivity contribution in [3.05, 3.63) is 20.8 Å². The normalized spacial score (nSPS) is 20.8. The maximum absolute atomic E-state index is 10.3. The molecule has 1 aromatic rings. The quantitative estimate of drug-likeness (QED) is 0.851. The van der Waals surface area contributed by atoms with Crippen LogP contribution in [0.15, 0.2) is 15.9 Å². The molecule has 0 aromatic carbocycles. The van der Waals surface area contributed by atoms with E-state index in [1.807, 2.05) is 0 Å². The maximum atomic E-state index is 10.3. The van der Waals surface area contributed by atoms with Crippen LogP contribution in [-0.2, 0) is 6.42 Å². The molecule has 96 valence electrons. The first-order chi connectivity index (χ1) is 8.25. The van der Waals surface area contributed by atoms with Crippen molar-refractivity contribution in [2.24, 2.45) is 5.92 Å². The van der Waals surface area contributed by atoms with Crippen LogP contribution in [0.1, 0.15) is 49.8 Å². The Bertz CT molecular complexity index is 329. The molecule has 0 aliphatic heterocycles. The first kappa shape index (κ1) is 13.6. The van der Waals surface area contributed by atoms with Gasteiger partial charge in [0.2, 0.25) is 0 Å². The lowest BCUT2D eigenvalue weighted by Gasteiger charge is -2.24. The number of aliphatic hydroxyl groups is 1. The lowest BCUT2D eigenvalue weighted by molar-refractivity contribution is 0.0920. The lowest BCUT2D eigenvalue weighted by Crippen LogP contribution is -2.23. The van der Waals surface area contributed by atoms with Gasteiger partial charge in [-0.25, -0.2) is 0 Å². The fraction of sp³-hybridized carbons (Fsp3) is 0.714. The topological polar surface area (TPSA) is 20.2 Å². The molecule has 1 saturated carbocycles. The van der Waals surface area contributed by atoms with Gasteiger partial charge < -0.3 is 5.11 Å². The molecular weight excluding hydrogens is 296 g/mol. The van der Waals surface area contributed by atoms with Gasteiger partial charge in [-0.3, -0.25) is 0 Å². The van der Waals surface area contributed by atoms with Gasteiger partial charge in [0.1, 0.15) is 0 Å². The molecule has 1 N–H and O–H groups in total. The Hall–Kier alpha value is 0.140. The van der Waals surface area contributed by atoms with Crippen LogP contribution >= 0.6 is 27.3 Å². The second kappa shape index (κ2) is 6.91. The van der Waals surface area contributed by atoms with E-state index in [0.29, 0.717) is 5.92 Å². The molecular formula is C14H21BrOS. The van der Waals surface area contributed by atoms with Gasteiger partial charge in [0.25, 0.3) is 0 Å². The van der Waals surface area contributed by atoms with Crippen LogP contribution in [-0.4, -0.2) is 11.2 Å². The van der Waals surface area contributed by atoms with Gasteiger partial charge in [0.05, 0.1) is 6.10 Å². The average Bonchev–Trinajstić information content (AvgIpc) is 2.63. The predicted octanol–water partition coefficient (Wildman–Crippen LogP) is 4.77. The minimum atomic E-state index is -0.140. The molecule has 0 saturated heterocycles. The van der Waals surface area contributed by atoms with Crippen molar-refractivity contribution in [3.8, 4) is 0 Å². The number of thiophene rings is 1. The van der Waals surface area contributed by atoms with E-state index in [1.54, 1.807) is 11.3 Å². The molecule has 1 heterocycles. The van der Waals surface area contributed by atoms with Crippen LogP contribution in [0.2, 0.25) is 0 Å². The Labute approximate surface area is 116 Å². The SMILES string of the molecule is OC(Cc1cc(Br)cs1)C1CCCCCCC1. The molecule has 0 bridgehead atoms. The standard InChI is InChI=1S/C14H21BrOS/c15-12-8-13(17-10-12)9-14(16)11-6-4-2-1-3-5-7-11/h8,10-11,14,16H,1-7,9H2. The molecule has 1 atom stereocenters. The molecule has 1 nitrogen and oxygen atoms in total. The van der Waals surface area contributed by atoms with Crippen LogP contribution in [0.25, 0.3) is 0 Å². The number of hydrogen-bond donors (Lipinski definition) is 1. The third kappa shape index (κ3) is 4.38. The Kier molecular flexibility index (Phi) is 5.51. The molecule has 1 aromatic heterocycles. The van der Waals surface area contributed by atoms with E-state index in [2.05, 4.69) is 27.4 Å². The molecule has 0 spiro atoms. The van der Waals surface area contributed by atoms with Gasteiger partial charge in [-0.15, -0.1) is 11.3 Å². The van der Waals surface area contributed by atoms with E-state index in [9.17, 15) is 5.11 Å². The van der Waals surface area contributed by atoms with Crippen molar-refractivity contribution in [3.63, 3.8) is 0 Å². The van der Waals surface area contributed by atoms with Crippen LogP contribution < -0.4 is 0 Å². The summed E-state index contributed by atoms with van der Waals surface area (Å²) >= 11 is 5.21. The molecule has 0 amide bonds. The van der Waals surface area contributed by atoms with Crippen molar-refractivity contribution >= 4 is 27.3 Å². The maximum Gasteiger partial charge on any atom is 0.0616 e. The number of rotatable bonds is 3. The van der Waals surface area contributed by atoms with Gasteiger partial charge in [0.15, 0.2) is 0 Å². The van der Waals surface area contributed by atoms with Crippen LogP contribution in [0.5, 0.6) is 0 Å². The van der Waals surface area contributed by atoms with Gasteiger partial charge in [-0.2, -0.15) is 0 Å². The Morgan fingerprint density at radius 3 is 2.47 bits per heavy atom. The van der Waals surface area contributed by atoms with Crippen molar-refractivity contribution in [1.82, 2.24) is 0 Å². The van der Waals surface area contributed by atoms with Crippen molar-refractivity contribution in [2.75, 3.05) is 0 Å². The lowest BCUT2D eigenvalue weighted by atomic mass is 9.86. The van der Waals surface area contributed by atoms with Gasteiger partial charge in [-0.05, 0) is 40.8 Å². The third-order valence-corrected chi connectivity index (χ3v) is 5.45. The molecule has 0 radical (unpaired) electrons. The van der Waals surface area contributed by atoms with Crippen molar-refractivity contribution in [2.45, 2.75) is 57.5 Å². The second-order valence-electron chi connectivity index (χ2n) is 5.11. The Morgan fingerprint density at radius 2 is 1.88 bits per heavy atom. The highest BCUT2D eigenvalue weighted by Gasteiger charge is 2.20. The average molecular weight is 317 g/mol. The summed E-state index contributed by atoms with van der Waals surface area (Å²) in [6, 6.07) is 2.14. The summed E-state index contributed by atoms with van der Waals surface area (Å²) in [6.45, 7) is 0. The smallest absolute Gasteiger partial charge is 0.0616 e. The molecule has 2 rings (SSSR count). The highest BCUT2D eigenvalue weighted by molar-refractivity contribution is 9.10. The zero-order valence-corrected chi connectivity index (χ0v) is 12.6. The van der Waals surface area contributed by atoms with Crippen molar-refractivity contribution in [1.29, 1.82) is 0 Å². The highest BCUT2D eigenvalue weighted by atomic mass is 79.9. The number of hydrogen-bond acceptors (Lipinski definition) is 2. The van der Waals surface area contributed by atoms with Gasteiger partial charge in [-0.1, -0.05) is 32.1 Å². The summed E-state index contributed by atoms with van der Waals surface area (Å²) in [5, 5.41) is 12.4. The van der Waals surface area contributed by atoms with E-state index >= 15 is 0 Å². The third-order valence-electron chi connectivity index (χ3n) is 3.73. The van der Waals surface area contributed by atoms with E-state index in [1.165, 1.54) is 49.8 Å². The van der Waals surface area contributed by atoms with E-state index in [4.69, 9.17) is 0 Å². The minimum Gasteiger partial charge on any atom is -0.392 e. The summed E-state index contributed by atoms with van der Waals surface area (Å²) in [4.78, 5) is 1.30. The summed E-state index contributed by atoms with van der Waals surface area (Å²) < 4.78 is 1.14. The van der Waals surface area contributed by atoms with Gasteiger partial charge in [0, 0.05) is 21.2 Å². The molecule has 1 unspecified atom stereocenters. The zero-order chi connectivity index (χ0) is 12.1. The first-order valence-corrected chi connectivity index (χ1v) is 8.34. The minimum absolute atomic E-state index is 0.140. The predicted molar refractivity (Wildman–Crippen MR) is 77.5 cm³/mol. The molecule has 1 aliphatic carbocycles. The number of aliphatic hydroxyl groups excluding tert-OH is 1. The fourth-order valence-electron chi connectivity index (χ4n) is 2.71. The summed E-state index contributed by atoms with van der Waals surface area (Å²) in [6.07, 6.45) is 9.83. The molecule has 17 heavy (non-hydrogen) atoms. The van der Waals surface area contributed by atoms with Gasteiger partial charge >= 0.3 is 0 Å². The van der Waals surface area contributed by atoms with E-state index in [-0.39, 0.29) is 6.10 Å². The molecule has 3 heteroatoms. The Morgan fingerprint density at radius 1 is 1.24 bits per heavy atom. The largest absolute Gasteiger partial charge is 0.392 e. The highest BCUT2D eigenvalue weighted by Crippen LogP contribution is 2.28. The number of halogens is 1. The van der Waals surface area contributed by atoms with Crippen LogP contribution in [0, 0.1) is 5.92 Å². The van der Waals surface area contributed by atoms with Crippen LogP contribution in [0.3, 0.4) is 0 Å². The van der Waals surface area contributed by atoms with E-state index in [0.717, 1.165) is 10.9 Å². The van der Waals surface area contributed by atoms with Crippen LogP contribution in [0.4, 0.5) is 0 Å². The molecule has 1 aliphatic rings. The summed E-state index contributed by atoms with van der Waals surface area (Å²) in [5.74, 6) is 0.524. The summed E-state index contributed by atoms with van der Waals surface area (Å²) in [5.41, 5.74) is 0. The first-order valence-electron chi connectivity index (χ1n) is 6.66. The monoisotopic (exact) mass is 316 g/mol. The molecule has 1 fully saturated rings. The zero-order valence-electron chi connectivity index (χ0n) is 10.2. The summed E-state index contributed by atoms with van der Waals surface area (Å²) in [7, 11) is 0. The second-order valence-corrected chi connectivity index (χ2v) is 7.02. The van der Waals surface area contributed by atoms with E-state index < -0.39 is 0 Å². The van der Waals surface area contributed by atoms with Crippen molar-refractivity contribution < 1.29 is 5.11 Å². The fourth-order valence-corrected chi connectivity index (χ4v) is 4.21. The Balaban J connectivity index is 1.86.